The standard InChI is InChI=1S/C26H33NO2/c1-19(16-17-23-20(2)13-10-18-26(23,4)5)11-9-12-21(3)24(28)25(29)27-22-14-7-6-8-15-22/h6-9,11-12,14-17,28H,10,13,18H2,1-5H3,(H,27,29). The van der Waals surface area contributed by atoms with Crippen LogP contribution in [0.5, 0.6) is 0 Å². The lowest BCUT2D eigenvalue weighted by molar-refractivity contribution is -0.115. The van der Waals surface area contributed by atoms with Crippen molar-refractivity contribution in [2.24, 2.45) is 5.41 Å². The van der Waals surface area contributed by atoms with Gasteiger partial charge in [-0.3, -0.25) is 4.79 Å². The highest BCUT2D eigenvalue weighted by atomic mass is 16.3. The van der Waals surface area contributed by atoms with Crippen molar-refractivity contribution >= 4 is 11.6 Å². The third kappa shape index (κ3) is 6.63. The van der Waals surface area contributed by atoms with Gasteiger partial charge in [-0.15, -0.1) is 0 Å². The van der Waals surface area contributed by atoms with E-state index < -0.39 is 5.91 Å². The predicted octanol–water partition coefficient (Wildman–Crippen LogP) is 7.04. The van der Waals surface area contributed by atoms with Gasteiger partial charge in [-0.25, -0.2) is 0 Å². The fourth-order valence-electron chi connectivity index (χ4n) is 3.59. The average Bonchev–Trinajstić information content (AvgIpc) is 2.67. The minimum Gasteiger partial charge on any atom is -0.503 e. The van der Waals surface area contributed by atoms with Crippen LogP contribution in [0.15, 0.2) is 88.8 Å². The van der Waals surface area contributed by atoms with Gasteiger partial charge in [0, 0.05) is 5.69 Å². The number of amides is 1. The molecule has 1 aromatic carbocycles. The monoisotopic (exact) mass is 391 g/mol. The van der Waals surface area contributed by atoms with Crippen LogP contribution in [0.1, 0.15) is 53.9 Å². The van der Waals surface area contributed by atoms with Crippen molar-refractivity contribution < 1.29 is 9.90 Å². The molecule has 0 fully saturated rings. The van der Waals surface area contributed by atoms with Crippen LogP contribution >= 0.6 is 0 Å². The summed E-state index contributed by atoms with van der Waals surface area (Å²) < 4.78 is 0. The highest BCUT2D eigenvalue weighted by Gasteiger charge is 2.26. The molecule has 1 aromatic rings. The number of rotatable bonds is 6. The topological polar surface area (TPSA) is 49.3 Å². The number of benzene rings is 1. The molecule has 3 nitrogen and oxygen atoms in total. The Morgan fingerprint density at radius 1 is 1.14 bits per heavy atom. The third-order valence-corrected chi connectivity index (χ3v) is 5.38. The number of hydrogen-bond donors (Lipinski definition) is 2. The van der Waals surface area contributed by atoms with Crippen LogP contribution in [0.25, 0.3) is 0 Å². The Morgan fingerprint density at radius 3 is 2.48 bits per heavy atom. The Bertz CT molecular complexity index is 881. The molecule has 0 heterocycles. The van der Waals surface area contributed by atoms with E-state index in [0.29, 0.717) is 11.3 Å². The van der Waals surface area contributed by atoms with Crippen LogP contribution in [-0.2, 0) is 4.79 Å². The second-order valence-electron chi connectivity index (χ2n) is 8.39. The second kappa shape index (κ2) is 10.1. The van der Waals surface area contributed by atoms with E-state index in [1.807, 2.05) is 37.3 Å². The van der Waals surface area contributed by atoms with E-state index in [-0.39, 0.29) is 11.2 Å². The van der Waals surface area contributed by atoms with Gasteiger partial charge in [0.25, 0.3) is 5.91 Å². The highest BCUT2D eigenvalue weighted by molar-refractivity contribution is 6.02. The molecule has 2 N–H and O–H groups in total. The number of para-hydroxylation sites is 1. The third-order valence-electron chi connectivity index (χ3n) is 5.38. The van der Waals surface area contributed by atoms with Crippen LogP contribution in [0.2, 0.25) is 0 Å². The summed E-state index contributed by atoms with van der Waals surface area (Å²) >= 11 is 0. The molecule has 0 saturated heterocycles. The van der Waals surface area contributed by atoms with Crippen LogP contribution in [0, 0.1) is 5.41 Å². The van der Waals surface area contributed by atoms with Crippen LogP contribution in [0.4, 0.5) is 5.69 Å². The van der Waals surface area contributed by atoms with Gasteiger partial charge in [0.15, 0.2) is 5.76 Å². The molecule has 29 heavy (non-hydrogen) atoms. The molecular formula is C26H33NO2. The van der Waals surface area contributed by atoms with E-state index in [0.717, 1.165) is 5.57 Å². The lowest BCUT2D eigenvalue weighted by Gasteiger charge is -2.32. The maximum atomic E-state index is 12.1. The molecule has 1 amide bonds. The minimum atomic E-state index is -0.513. The molecule has 0 atom stereocenters. The first-order valence-corrected chi connectivity index (χ1v) is 10.2. The van der Waals surface area contributed by atoms with Gasteiger partial charge in [-0.1, -0.05) is 73.6 Å². The first-order chi connectivity index (χ1) is 13.7. The number of nitrogens with one attached hydrogen (secondary N) is 1. The van der Waals surface area contributed by atoms with Crippen LogP contribution in [0.3, 0.4) is 0 Å². The lowest BCUT2D eigenvalue weighted by Crippen LogP contribution is -2.19. The fourth-order valence-corrected chi connectivity index (χ4v) is 3.59. The second-order valence-corrected chi connectivity index (χ2v) is 8.39. The van der Waals surface area contributed by atoms with E-state index in [2.05, 4.69) is 38.2 Å². The fraction of sp³-hybridized carbons (Fsp3) is 0.346. The Kier molecular flexibility index (Phi) is 7.83. The summed E-state index contributed by atoms with van der Waals surface area (Å²) in [4.78, 5) is 12.1. The van der Waals surface area contributed by atoms with E-state index in [1.54, 1.807) is 25.1 Å². The van der Waals surface area contributed by atoms with Gasteiger partial charge in [-0.05, 0) is 68.7 Å². The molecule has 0 aliphatic heterocycles. The summed E-state index contributed by atoms with van der Waals surface area (Å²) in [5, 5.41) is 12.8. The van der Waals surface area contributed by atoms with Crippen molar-refractivity contribution in [3.63, 3.8) is 0 Å². The van der Waals surface area contributed by atoms with Crippen LogP contribution in [-0.4, -0.2) is 11.0 Å². The number of aliphatic hydroxyl groups excluding tert-OH is 1. The maximum Gasteiger partial charge on any atom is 0.290 e. The van der Waals surface area contributed by atoms with Gasteiger partial charge in [0.2, 0.25) is 0 Å². The van der Waals surface area contributed by atoms with E-state index in [1.165, 1.54) is 30.4 Å². The summed E-state index contributed by atoms with van der Waals surface area (Å²) in [6.45, 7) is 10.6. The number of anilines is 1. The molecule has 0 radical (unpaired) electrons. The van der Waals surface area contributed by atoms with Crippen molar-refractivity contribution in [2.75, 3.05) is 5.32 Å². The Hall–Kier alpha value is -2.81. The predicted molar refractivity (Wildman–Crippen MR) is 123 cm³/mol. The SMILES string of the molecule is CC(C=CC1=C(C)CCCC1(C)C)=CC=CC(C)=C(O)C(=O)Nc1ccccc1. The summed E-state index contributed by atoms with van der Waals surface area (Å²) in [5.41, 5.74) is 5.42. The molecule has 0 bridgehead atoms. The van der Waals surface area contributed by atoms with Crippen LogP contribution < -0.4 is 5.32 Å². The van der Waals surface area contributed by atoms with E-state index >= 15 is 0 Å². The summed E-state index contributed by atoms with van der Waals surface area (Å²) in [6.07, 6.45) is 13.6. The summed E-state index contributed by atoms with van der Waals surface area (Å²) in [6, 6.07) is 9.08. The molecule has 0 unspecified atom stereocenters. The first kappa shape index (κ1) is 22.5. The Morgan fingerprint density at radius 2 is 1.83 bits per heavy atom. The lowest BCUT2D eigenvalue weighted by atomic mass is 9.72. The smallest absolute Gasteiger partial charge is 0.290 e. The van der Waals surface area contributed by atoms with Gasteiger partial charge in [0.1, 0.15) is 0 Å². The number of allylic oxidation sites excluding steroid dienone is 9. The molecule has 154 valence electrons. The molecule has 2 rings (SSSR count). The van der Waals surface area contributed by atoms with Crippen molar-refractivity contribution in [1.29, 1.82) is 0 Å². The zero-order valence-corrected chi connectivity index (χ0v) is 18.3. The highest BCUT2D eigenvalue weighted by Crippen LogP contribution is 2.40. The first-order valence-electron chi connectivity index (χ1n) is 10.2. The molecule has 0 spiro atoms. The molecule has 3 heteroatoms. The Labute approximate surface area is 175 Å². The van der Waals surface area contributed by atoms with Crippen molar-refractivity contribution in [3.05, 3.63) is 88.8 Å². The maximum absolute atomic E-state index is 12.1. The van der Waals surface area contributed by atoms with Gasteiger partial charge >= 0.3 is 0 Å². The number of aliphatic hydroxyl groups is 1. The van der Waals surface area contributed by atoms with Crippen molar-refractivity contribution in [3.8, 4) is 0 Å². The number of hydrogen-bond acceptors (Lipinski definition) is 2. The summed E-state index contributed by atoms with van der Waals surface area (Å²) in [5.74, 6) is -0.794. The normalized spacial score (nSPS) is 18.3. The van der Waals surface area contributed by atoms with Gasteiger partial charge in [0.05, 0.1) is 0 Å². The largest absolute Gasteiger partial charge is 0.503 e. The van der Waals surface area contributed by atoms with E-state index in [4.69, 9.17) is 0 Å². The number of carbonyl (C=O) groups is 1. The zero-order valence-electron chi connectivity index (χ0n) is 18.3. The average molecular weight is 392 g/mol. The number of carbonyl (C=O) groups excluding carboxylic acids is 1. The van der Waals surface area contributed by atoms with Crippen molar-refractivity contribution in [1.82, 2.24) is 0 Å². The Balaban J connectivity index is 2.03. The van der Waals surface area contributed by atoms with Crippen molar-refractivity contribution in [2.45, 2.75) is 53.9 Å². The summed E-state index contributed by atoms with van der Waals surface area (Å²) in [7, 11) is 0. The zero-order chi connectivity index (χ0) is 21.4. The van der Waals surface area contributed by atoms with Gasteiger partial charge < -0.3 is 10.4 Å². The van der Waals surface area contributed by atoms with Gasteiger partial charge in [-0.2, -0.15) is 0 Å². The molecular weight excluding hydrogens is 358 g/mol. The van der Waals surface area contributed by atoms with E-state index in [9.17, 15) is 9.90 Å². The molecule has 0 saturated carbocycles. The molecule has 1 aliphatic rings. The molecule has 0 aromatic heterocycles. The minimum absolute atomic E-state index is 0.228. The quantitative estimate of drug-likeness (QED) is 0.310. The molecule has 1 aliphatic carbocycles.